The number of likely N-dealkylation sites (tertiary alicyclic amines) is 1. The van der Waals surface area contributed by atoms with Crippen molar-refractivity contribution in [3.63, 3.8) is 0 Å². The molecule has 1 heterocycles. The van der Waals surface area contributed by atoms with Crippen molar-refractivity contribution in [3.8, 4) is 0 Å². The first-order valence-corrected chi connectivity index (χ1v) is 8.56. The first-order valence-electron chi connectivity index (χ1n) is 8.56. The Morgan fingerprint density at radius 1 is 1.29 bits per heavy atom. The van der Waals surface area contributed by atoms with Crippen LogP contribution in [0.2, 0.25) is 0 Å². The zero-order chi connectivity index (χ0) is 15.9. The molecule has 1 atom stereocenters. The predicted molar refractivity (Wildman–Crippen MR) is 89.2 cm³/mol. The fraction of sp³-hybridized carbons (Fsp3) is 0.941. The highest BCUT2D eigenvalue weighted by Crippen LogP contribution is 2.29. The van der Waals surface area contributed by atoms with E-state index in [1.54, 1.807) is 0 Å². The van der Waals surface area contributed by atoms with Crippen molar-refractivity contribution in [2.45, 2.75) is 71.8 Å². The normalized spacial score (nSPS) is 22.5. The highest BCUT2D eigenvalue weighted by molar-refractivity contribution is 5.84. The van der Waals surface area contributed by atoms with E-state index in [4.69, 9.17) is 5.73 Å². The number of carbonyl (C=O) groups excluding carboxylic acids is 1. The molecule has 0 aromatic carbocycles. The van der Waals surface area contributed by atoms with Crippen LogP contribution in [0, 0.1) is 5.41 Å². The SMILES string of the molecule is CCNC(C)(CCCCN1CCCC(C)(C)CC1)C(N)=O. The second-order valence-electron chi connectivity index (χ2n) is 7.54. The third kappa shape index (κ3) is 6.35. The van der Waals surface area contributed by atoms with Gasteiger partial charge in [-0.25, -0.2) is 0 Å². The number of nitrogens with zero attached hydrogens (tertiary/aromatic N) is 1. The molecule has 0 aromatic rings. The van der Waals surface area contributed by atoms with Gasteiger partial charge in [-0.1, -0.05) is 20.8 Å². The Bertz CT molecular complexity index is 330. The summed E-state index contributed by atoms with van der Waals surface area (Å²) in [5.41, 5.74) is 5.48. The van der Waals surface area contributed by atoms with Gasteiger partial charge < -0.3 is 16.0 Å². The molecule has 0 saturated carbocycles. The number of likely N-dealkylation sites (N-methyl/N-ethyl adjacent to an activating group) is 1. The number of primary amides is 1. The van der Waals surface area contributed by atoms with Crippen molar-refractivity contribution in [1.29, 1.82) is 0 Å². The summed E-state index contributed by atoms with van der Waals surface area (Å²) in [6, 6.07) is 0. The molecule has 124 valence electrons. The third-order valence-electron chi connectivity index (χ3n) is 4.94. The highest BCUT2D eigenvalue weighted by atomic mass is 16.1. The molecule has 1 amide bonds. The van der Waals surface area contributed by atoms with Crippen LogP contribution >= 0.6 is 0 Å². The monoisotopic (exact) mass is 297 g/mol. The molecule has 0 bridgehead atoms. The quantitative estimate of drug-likeness (QED) is 0.677. The van der Waals surface area contributed by atoms with E-state index in [0.29, 0.717) is 5.41 Å². The van der Waals surface area contributed by atoms with Crippen molar-refractivity contribution >= 4 is 5.91 Å². The molecule has 4 heteroatoms. The summed E-state index contributed by atoms with van der Waals surface area (Å²) in [6.07, 6.45) is 6.97. The summed E-state index contributed by atoms with van der Waals surface area (Å²) in [5, 5.41) is 3.23. The molecule has 1 rings (SSSR count). The summed E-state index contributed by atoms with van der Waals surface area (Å²) in [5.74, 6) is -0.235. The molecule has 0 aliphatic carbocycles. The number of carbonyl (C=O) groups is 1. The minimum Gasteiger partial charge on any atom is -0.368 e. The van der Waals surface area contributed by atoms with Crippen molar-refractivity contribution in [2.75, 3.05) is 26.2 Å². The minimum absolute atomic E-state index is 0.235. The summed E-state index contributed by atoms with van der Waals surface area (Å²) in [4.78, 5) is 14.2. The van der Waals surface area contributed by atoms with Gasteiger partial charge in [-0.2, -0.15) is 0 Å². The molecule has 4 nitrogen and oxygen atoms in total. The zero-order valence-electron chi connectivity index (χ0n) is 14.5. The molecule has 1 unspecified atom stereocenters. The largest absolute Gasteiger partial charge is 0.368 e. The Labute approximate surface area is 130 Å². The lowest BCUT2D eigenvalue weighted by Gasteiger charge is -2.27. The van der Waals surface area contributed by atoms with Gasteiger partial charge in [0.15, 0.2) is 0 Å². The third-order valence-corrected chi connectivity index (χ3v) is 4.94. The van der Waals surface area contributed by atoms with Crippen LogP contribution in [0.1, 0.15) is 66.2 Å². The van der Waals surface area contributed by atoms with Crippen molar-refractivity contribution in [3.05, 3.63) is 0 Å². The summed E-state index contributed by atoms with van der Waals surface area (Å²) in [7, 11) is 0. The van der Waals surface area contributed by atoms with E-state index in [9.17, 15) is 4.79 Å². The van der Waals surface area contributed by atoms with Crippen LogP contribution in [-0.4, -0.2) is 42.5 Å². The van der Waals surface area contributed by atoms with Crippen molar-refractivity contribution in [2.24, 2.45) is 11.1 Å². The van der Waals surface area contributed by atoms with E-state index in [0.717, 1.165) is 32.4 Å². The second-order valence-corrected chi connectivity index (χ2v) is 7.54. The molecule has 0 aromatic heterocycles. The molecule has 1 aliphatic heterocycles. The van der Waals surface area contributed by atoms with Crippen LogP contribution < -0.4 is 11.1 Å². The van der Waals surface area contributed by atoms with Crippen LogP contribution in [0.4, 0.5) is 0 Å². The van der Waals surface area contributed by atoms with E-state index in [1.807, 2.05) is 13.8 Å². The van der Waals surface area contributed by atoms with E-state index in [1.165, 1.54) is 32.4 Å². The maximum atomic E-state index is 11.6. The van der Waals surface area contributed by atoms with E-state index in [2.05, 4.69) is 24.1 Å². The van der Waals surface area contributed by atoms with Gasteiger partial charge in [0, 0.05) is 0 Å². The van der Waals surface area contributed by atoms with E-state index in [-0.39, 0.29) is 5.91 Å². The molecule has 0 spiro atoms. The Hall–Kier alpha value is -0.610. The standard InChI is InChI=1S/C17H35N3O/c1-5-19-17(4,15(18)21)10-6-7-12-20-13-8-9-16(2,3)11-14-20/h19H,5-14H2,1-4H3,(H2,18,21). The molecule has 1 aliphatic rings. The van der Waals surface area contributed by atoms with E-state index >= 15 is 0 Å². The van der Waals surface area contributed by atoms with Crippen LogP contribution in [0.15, 0.2) is 0 Å². The number of hydrogen-bond donors (Lipinski definition) is 2. The molecular formula is C17H35N3O. The minimum atomic E-state index is -0.546. The van der Waals surface area contributed by atoms with Gasteiger partial charge in [0.2, 0.25) is 5.91 Å². The molecule has 21 heavy (non-hydrogen) atoms. The molecule has 1 fully saturated rings. The number of unbranched alkanes of at least 4 members (excludes halogenated alkanes) is 1. The van der Waals surface area contributed by atoms with Gasteiger partial charge in [0.1, 0.15) is 0 Å². The van der Waals surface area contributed by atoms with Gasteiger partial charge >= 0.3 is 0 Å². The first-order chi connectivity index (χ1) is 9.79. The van der Waals surface area contributed by atoms with Crippen LogP contribution in [0.25, 0.3) is 0 Å². The molecule has 0 radical (unpaired) electrons. The van der Waals surface area contributed by atoms with Crippen molar-refractivity contribution < 1.29 is 4.79 Å². The van der Waals surface area contributed by atoms with Crippen LogP contribution in [0.5, 0.6) is 0 Å². The maximum Gasteiger partial charge on any atom is 0.237 e. The number of hydrogen-bond acceptors (Lipinski definition) is 3. The Morgan fingerprint density at radius 3 is 2.62 bits per heavy atom. The number of rotatable bonds is 8. The molecular weight excluding hydrogens is 262 g/mol. The van der Waals surface area contributed by atoms with Gasteiger partial charge in [0.05, 0.1) is 5.54 Å². The maximum absolute atomic E-state index is 11.6. The van der Waals surface area contributed by atoms with Gasteiger partial charge in [-0.3, -0.25) is 4.79 Å². The van der Waals surface area contributed by atoms with Crippen LogP contribution in [0.3, 0.4) is 0 Å². The Kier molecular flexibility index (Phi) is 7.14. The number of nitrogens with two attached hydrogens (primary N) is 1. The molecule has 3 N–H and O–H groups in total. The Morgan fingerprint density at radius 2 is 2.00 bits per heavy atom. The van der Waals surface area contributed by atoms with Crippen LogP contribution in [-0.2, 0) is 4.79 Å². The molecule has 1 saturated heterocycles. The predicted octanol–water partition coefficient (Wildman–Crippen LogP) is 2.52. The average Bonchev–Trinajstić information content (AvgIpc) is 2.56. The first kappa shape index (κ1) is 18.4. The smallest absolute Gasteiger partial charge is 0.237 e. The topological polar surface area (TPSA) is 58.4 Å². The summed E-state index contributed by atoms with van der Waals surface area (Å²) >= 11 is 0. The average molecular weight is 297 g/mol. The lowest BCUT2D eigenvalue weighted by molar-refractivity contribution is -0.124. The van der Waals surface area contributed by atoms with Gasteiger partial charge in [0.25, 0.3) is 0 Å². The number of amides is 1. The second kappa shape index (κ2) is 8.14. The summed E-state index contributed by atoms with van der Waals surface area (Å²) in [6.45, 7) is 13.1. The fourth-order valence-corrected chi connectivity index (χ4v) is 3.21. The highest BCUT2D eigenvalue weighted by Gasteiger charge is 2.29. The summed E-state index contributed by atoms with van der Waals surface area (Å²) < 4.78 is 0. The van der Waals surface area contributed by atoms with Crippen molar-refractivity contribution in [1.82, 2.24) is 10.2 Å². The Balaban J connectivity index is 2.28. The lowest BCUT2D eigenvalue weighted by Crippen LogP contribution is -2.53. The fourth-order valence-electron chi connectivity index (χ4n) is 3.21. The number of nitrogens with one attached hydrogen (secondary N) is 1. The van der Waals surface area contributed by atoms with Gasteiger partial charge in [-0.15, -0.1) is 0 Å². The van der Waals surface area contributed by atoms with Gasteiger partial charge in [-0.05, 0) is 77.0 Å². The zero-order valence-corrected chi connectivity index (χ0v) is 14.5. The lowest BCUT2D eigenvalue weighted by atomic mass is 9.85. The van der Waals surface area contributed by atoms with E-state index < -0.39 is 5.54 Å².